The van der Waals surface area contributed by atoms with Crippen molar-refractivity contribution in [2.75, 3.05) is 18.4 Å². The highest BCUT2D eigenvalue weighted by Crippen LogP contribution is 2.44. The molecule has 2 aromatic carbocycles. The summed E-state index contributed by atoms with van der Waals surface area (Å²) in [4.78, 5) is 10.7. The summed E-state index contributed by atoms with van der Waals surface area (Å²) in [6.07, 6.45) is 3.78. The van der Waals surface area contributed by atoms with Gasteiger partial charge in [-0.05, 0) is 43.2 Å². The molecule has 2 fully saturated rings. The van der Waals surface area contributed by atoms with E-state index in [1.807, 2.05) is 30.3 Å². The number of hydrogen-bond donors (Lipinski definition) is 1. The Morgan fingerprint density at radius 2 is 1.75 bits per heavy atom. The maximum atomic E-state index is 13.2. The second-order valence-corrected chi connectivity index (χ2v) is 9.33. The van der Waals surface area contributed by atoms with E-state index in [-0.39, 0.29) is 16.6 Å². The highest BCUT2D eigenvalue weighted by molar-refractivity contribution is 7.89. The Balaban J connectivity index is 1.74. The van der Waals surface area contributed by atoms with Gasteiger partial charge in [-0.2, -0.15) is 4.31 Å². The van der Waals surface area contributed by atoms with Crippen LogP contribution in [0.1, 0.15) is 37.3 Å². The summed E-state index contributed by atoms with van der Waals surface area (Å²) in [5.41, 5.74) is 1.30. The first-order valence-electron chi connectivity index (χ1n) is 9.57. The van der Waals surface area contributed by atoms with Crippen LogP contribution in [0.3, 0.4) is 0 Å². The zero-order chi connectivity index (χ0) is 19.7. The molecule has 0 aromatic heterocycles. The van der Waals surface area contributed by atoms with Gasteiger partial charge < -0.3 is 5.32 Å². The third-order valence-corrected chi connectivity index (χ3v) is 7.36. The van der Waals surface area contributed by atoms with Crippen LogP contribution in [0.15, 0.2) is 53.4 Å². The van der Waals surface area contributed by atoms with Gasteiger partial charge in [0.2, 0.25) is 10.0 Å². The van der Waals surface area contributed by atoms with Crippen LogP contribution in [-0.4, -0.2) is 30.7 Å². The van der Waals surface area contributed by atoms with Crippen molar-refractivity contribution in [3.05, 3.63) is 64.2 Å². The van der Waals surface area contributed by atoms with Crippen molar-refractivity contribution in [1.82, 2.24) is 4.31 Å². The first kappa shape index (κ1) is 18.9. The van der Waals surface area contributed by atoms with Gasteiger partial charge in [0.15, 0.2) is 0 Å². The Hall–Kier alpha value is -2.45. The van der Waals surface area contributed by atoms with Gasteiger partial charge in [0, 0.05) is 25.2 Å². The Morgan fingerprint density at radius 1 is 1.07 bits per heavy atom. The molecule has 1 aliphatic carbocycles. The molecule has 7 nitrogen and oxygen atoms in total. The van der Waals surface area contributed by atoms with Gasteiger partial charge in [0.25, 0.3) is 5.69 Å². The highest BCUT2D eigenvalue weighted by Gasteiger charge is 2.35. The summed E-state index contributed by atoms with van der Waals surface area (Å²) in [6.45, 7) is 0.907. The molecule has 1 atom stereocenters. The van der Waals surface area contributed by atoms with Crippen molar-refractivity contribution in [3.8, 4) is 0 Å². The number of nitro groups is 1. The van der Waals surface area contributed by atoms with Gasteiger partial charge in [-0.25, -0.2) is 8.42 Å². The third kappa shape index (κ3) is 3.74. The number of benzene rings is 2. The molecular formula is C20H23N3O4S. The molecule has 1 saturated heterocycles. The van der Waals surface area contributed by atoms with Crippen LogP contribution in [0.2, 0.25) is 0 Å². The standard InChI is InChI=1S/C20H23N3O4S/c24-23(25)17-10-11-18(19(14-17)28(26,27)22-12-4-5-13-22)21-20(16-8-9-16)15-6-2-1-3-7-15/h1-3,6-7,10-11,14,16,20-21H,4-5,8-9,12-13H2. The lowest BCUT2D eigenvalue weighted by molar-refractivity contribution is -0.385. The van der Waals surface area contributed by atoms with Crippen LogP contribution in [0.5, 0.6) is 0 Å². The Labute approximate surface area is 164 Å². The monoisotopic (exact) mass is 401 g/mol. The molecule has 2 aromatic rings. The minimum absolute atomic E-state index is 0.00909. The SMILES string of the molecule is O=[N+]([O-])c1ccc(NC(c2ccccc2)C2CC2)c(S(=O)(=O)N2CCCC2)c1. The minimum Gasteiger partial charge on any atom is -0.377 e. The second-order valence-electron chi connectivity index (χ2n) is 7.42. The molecule has 0 bridgehead atoms. The Morgan fingerprint density at radius 3 is 2.36 bits per heavy atom. The fraction of sp³-hybridized carbons (Fsp3) is 0.400. The van der Waals surface area contributed by atoms with Gasteiger partial charge in [-0.1, -0.05) is 30.3 Å². The summed E-state index contributed by atoms with van der Waals surface area (Å²) in [5.74, 6) is 0.430. The molecule has 1 saturated carbocycles. The summed E-state index contributed by atoms with van der Waals surface area (Å²) >= 11 is 0. The lowest BCUT2D eigenvalue weighted by Gasteiger charge is -2.24. The normalized spacial score (nSPS) is 18.7. The molecular weight excluding hydrogens is 378 g/mol. The number of nitrogens with zero attached hydrogens (tertiary/aromatic N) is 2. The van der Waals surface area contributed by atoms with Crippen LogP contribution < -0.4 is 5.32 Å². The lowest BCUT2D eigenvalue weighted by atomic mass is 10.0. The van der Waals surface area contributed by atoms with E-state index >= 15 is 0 Å². The van der Waals surface area contributed by atoms with Gasteiger partial charge >= 0.3 is 0 Å². The maximum Gasteiger partial charge on any atom is 0.270 e. The topological polar surface area (TPSA) is 92.5 Å². The van der Waals surface area contributed by atoms with Crippen LogP contribution in [0.4, 0.5) is 11.4 Å². The predicted octanol–water partition coefficient (Wildman–Crippen LogP) is 3.94. The van der Waals surface area contributed by atoms with E-state index in [9.17, 15) is 18.5 Å². The molecule has 8 heteroatoms. The Bertz CT molecular complexity index is 968. The number of rotatable bonds is 7. The van der Waals surface area contributed by atoms with Gasteiger partial charge in [0.05, 0.1) is 16.7 Å². The molecule has 148 valence electrons. The number of nitrogens with one attached hydrogen (secondary N) is 1. The van der Waals surface area contributed by atoms with Crippen molar-refractivity contribution in [1.29, 1.82) is 0 Å². The van der Waals surface area contributed by atoms with E-state index < -0.39 is 14.9 Å². The number of hydrogen-bond acceptors (Lipinski definition) is 5. The first-order valence-corrected chi connectivity index (χ1v) is 11.0. The van der Waals surface area contributed by atoms with Crippen molar-refractivity contribution < 1.29 is 13.3 Å². The summed E-state index contributed by atoms with van der Waals surface area (Å²) < 4.78 is 27.8. The molecule has 2 aliphatic rings. The quantitative estimate of drug-likeness (QED) is 0.560. The van der Waals surface area contributed by atoms with Crippen molar-refractivity contribution in [2.45, 2.75) is 36.6 Å². The Kier molecular flexibility index (Phi) is 5.07. The van der Waals surface area contributed by atoms with Crippen LogP contribution in [-0.2, 0) is 10.0 Å². The molecule has 0 radical (unpaired) electrons. The van der Waals surface area contributed by atoms with Crippen LogP contribution in [0, 0.1) is 16.0 Å². The predicted molar refractivity (Wildman–Crippen MR) is 107 cm³/mol. The lowest BCUT2D eigenvalue weighted by Crippen LogP contribution is -2.29. The van der Waals surface area contributed by atoms with Crippen molar-refractivity contribution in [2.24, 2.45) is 5.92 Å². The smallest absolute Gasteiger partial charge is 0.270 e. The van der Waals surface area contributed by atoms with Gasteiger partial charge in [-0.3, -0.25) is 10.1 Å². The number of sulfonamides is 1. The average molecular weight is 401 g/mol. The van der Waals surface area contributed by atoms with Crippen molar-refractivity contribution >= 4 is 21.4 Å². The van der Waals surface area contributed by atoms with Crippen LogP contribution >= 0.6 is 0 Å². The average Bonchev–Trinajstić information content (AvgIpc) is 3.38. The van der Waals surface area contributed by atoms with E-state index in [1.165, 1.54) is 22.5 Å². The summed E-state index contributed by atoms with van der Waals surface area (Å²) in [5, 5.41) is 14.6. The molecule has 0 amide bonds. The molecule has 4 rings (SSSR count). The zero-order valence-corrected chi connectivity index (χ0v) is 16.3. The zero-order valence-electron chi connectivity index (χ0n) is 15.5. The summed E-state index contributed by atoms with van der Waals surface area (Å²) in [6, 6.07) is 14.0. The van der Waals surface area contributed by atoms with E-state index in [0.717, 1.165) is 31.2 Å². The third-order valence-electron chi connectivity index (χ3n) is 5.42. The van der Waals surface area contributed by atoms with Gasteiger partial charge in [-0.15, -0.1) is 0 Å². The fourth-order valence-corrected chi connectivity index (χ4v) is 5.45. The van der Waals surface area contributed by atoms with Crippen molar-refractivity contribution in [3.63, 3.8) is 0 Å². The molecule has 1 heterocycles. The van der Waals surface area contributed by atoms with E-state index in [2.05, 4.69) is 5.32 Å². The minimum atomic E-state index is -3.79. The molecule has 28 heavy (non-hydrogen) atoms. The number of non-ortho nitro benzene ring substituents is 1. The molecule has 1 unspecified atom stereocenters. The van der Waals surface area contributed by atoms with E-state index in [0.29, 0.717) is 24.7 Å². The second kappa shape index (κ2) is 7.52. The fourth-order valence-electron chi connectivity index (χ4n) is 3.76. The van der Waals surface area contributed by atoms with Gasteiger partial charge in [0.1, 0.15) is 4.90 Å². The number of nitro benzene ring substituents is 1. The van der Waals surface area contributed by atoms with Crippen LogP contribution in [0.25, 0.3) is 0 Å². The molecule has 0 spiro atoms. The molecule has 1 aliphatic heterocycles. The largest absolute Gasteiger partial charge is 0.377 e. The van der Waals surface area contributed by atoms with E-state index in [4.69, 9.17) is 0 Å². The highest BCUT2D eigenvalue weighted by atomic mass is 32.2. The summed E-state index contributed by atoms with van der Waals surface area (Å²) in [7, 11) is -3.79. The molecule has 1 N–H and O–H groups in total. The first-order chi connectivity index (χ1) is 13.5. The number of anilines is 1. The van der Waals surface area contributed by atoms with E-state index in [1.54, 1.807) is 0 Å². The maximum absolute atomic E-state index is 13.2.